The fourth-order valence-electron chi connectivity index (χ4n) is 1.30. The summed E-state index contributed by atoms with van der Waals surface area (Å²) in [6.07, 6.45) is 2.52. The number of ketones is 1. The molecule has 0 atom stereocenters. The topological polar surface area (TPSA) is 37.3 Å². The lowest BCUT2D eigenvalue weighted by molar-refractivity contribution is -0.113. The molecule has 0 aliphatic rings. The Balaban J connectivity index is 4.31. The molecule has 3 heteroatoms. The van der Waals surface area contributed by atoms with Crippen molar-refractivity contribution in [1.29, 1.82) is 0 Å². The summed E-state index contributed by atoms with van der Waals surface area (Å²) < 4.78 is 0. The molecule has 0 heterocycles. The Morgan fingerprint density at radius 2 is 1.86 bits per heavy atom. The second kappa shape index (κ2) is 6.14. The van der Waals surface area contributed by atoms with E-state index in [0.29, 0.717) is 0 Å². The van der Waals surface area contributed by atoms with E-state index in [-0.39, 0.29) is 12.4 Å². The monoisotopic (exact) mass is 214 g/mol. The van der Waals surface area contributed by atoms with Crippen molar-refractivity contribution < 1.29 is 9.90 Å². The zero-order valence-corrected chi connectivity index (χ0v) is 10.8. The molecule has 0 aromatic heterocycles. The molecule has 0 unspecified atom stereocenters. The third kappa shape index (κ3) is 7.03. The normalized spacial score (nSPS) is 13.1. The third-order valence-corrected chi connectivity index (χ3v) is 3.13. The van der Waals surface area contributed by atoms with E-state index >= 15 is 0 Å². The first-order valence-electron chi connectivity index (χ1n) is 5.20. The maximum absolute atomic E-state index is 11.3. The molecular formula is C11H22O2Si. The molecule has 1 N–H and O–H groups in total. The SMILES string of the molecule is CC(=O)/C(=C/[Si](C)(C)C)CCCCO. The minimum atomic E-state index is -1.29. The van der Waals surface area contributed by atoms with Gasteiger partial charge in [-0.05, 0) is 31.8 Å². The van der Waals surface area contributed by atoms with Crippen LogP contribution in [-0.4, -0.2) is 25.6 Å². The van der Waals surface area contributed by atoms with Gasteiger partial charge in [0, 0.05) is 6.61 Å². The quantitative estimate of drug-likeness (QED) is 0.419. The molecule has 0 aliphatic heterocycles. The number of carbonyl (C=O) groups excluding carboxylic acids is 1. The van der Waals surface area contributed by atoms with Gasteiger partial charge < -0.3 is 5.11 Å². The summed E-state index contributed by atoms with van der Waals surface area (Å²) in [5, 5.41) is 8.65. The van der Waals surface area contributed by atoms with Gasteiger partial charge in [0.05, 0.1) is 8.07 Å². The smallest absolute Gasteiger partial charge is 0.155 e. The second-order valence-corrected chi connectivity index (χ2v) is 9.79. The number of allylic oxidation sites excluding steroid dienone is 1. The van der Waals surface area contributed by atoms with Crippen LogP contribution in [0.25, 0.3) is 0 Å². The zero-order valence-electron chi connectivity index (χ0n) is 9.76. The van der Waals surface area contributed by atoms with E-state index in [1.807, 2.05) is 0 Å². The van der Waals surface area contributed by atoms with Crippen molar-refractivity contribution in [2.24, 2.45) is 0 Å². The number of unbranched alkanes of at least 4 members (excludes halogenated alkanes) is 1. The average Bonchev–Trinajstić information content (AvgIpc) is 2.00. The first-order valence-corrected chi connectivity index (χ1v) is 8.78. The van der Waals surface area contributed by atoms with E-state index in [4.69, 9.17) is 5.11 Å². The minimum absolute atomic E-state index is 0.186. The summed E-state index contributed by atoms with van der Waals surface area (Å²) in [7, 11) is -1.29. The maximum atomic E-state index is 11.3. The van der Waals surface area contributed by atoms with Crippen molar-refractivity contribution in [3.8, 4) is 0 Å². The Morgan fingerprint density at radius 3 is 2.21 bits per heavy atom. The van der Waals surface area contributed by atoms with Crippen molar-refractivity contribution >= 4 is 13.9 Å². The van der Waals surface area contributed by atoms with Crippen LogP contribution in [0.15, 0.2) is 11.3 Å². The van der Waals surface area contributed by atoms with Gasteiger partial charge in [-0.25, -0.2) is 0 Å². The lowest BCUT2D eigenvalue weighted by Gasteiger charge is -2.12. The summed E-state index contributed by atoms with van der Waals surface area (Å²) in [5.41, 5.74) is 3.13. The van der Waals surface area contributed by atoms with Gasteiger partial charge >= 0.3 is 0 Å². The predicted molar refractivity (Wildman–Crippen MR) is 63.0 cm³/mol. The van der Waals surface area contributed by atoms with Crippen molar-refractivity contribution in [2.45, 2.75) is 45.8 Å². The first-order chi connectivity index (χ1) is 6.37. The molecular weight excluding hydrogens is 192 g/mol. The number of aliphatic hydroxyl groups excluding tert-OH is 1. The molecule has 0 rings (SSSR count). The molecule has 14 heavy (non-hydrogen) atoms. The number of hydrogen-bond acceptors (Lipinski definition) is 2. The molecule has 0 aliphatic carbocycles. The Bertz CT molecular complexity index is 214. The lowest BCUT2D eigenvalue weighted by atomic mass is 10.1. The van der Waals surface area contributed by atoms with E-state index in [1.165, 1.54) is 0 Å². The van der Waals surface area contributed by atoms with Gasteiger partial charge in [-0.15, -0.1) is 0 Å². The predicted octanol–water partition coefficient (Wildman–Crippen LogP) is 2.54. The van der Waals surface area contributed by atoms with Crippen molar-refractivity contribution in [3.05, 3.63) is 11.3 Å². The minimum Gasteiger partial charge on any atom is -0.396 e. The van der Waals surface area contributed by atoms with Crippen LogP contribution in [0.1, 0.15) is 26.2 Å². The Labute approximate surface area is 88.0 Å². The summed E-state index contributed by atoms with van der Waals surface area (Å²) in [6, 6.07) is 0. The first kappa shape index (κ1) is 13.6. The fraction of sp³-hybridized carbons (Fsp3) is 0.727. The van der Waals surface area contributed by atoms with Crippen molar-refractivity contribution in [2.75, 3.05) is 6.61 Å². The molecule has 0 bridgehead atoms. The number of aliphatic hydroxyl groups is 1. The molecule has 82 valence electrons. The van der Waals surface area contributed by atoms with Crippen LogP contribution in [0.3, 0.4) is 0 Å². The van der Waals surface area contributed by atoms with Gasteiger partial charge in [-0.1, -0.05) is 25.3 Å². The van der Waals surface area contributed by atoms with E-state index in [0.717, 1.165) is 24.8 Å². The van der Waals surface area contributed by atoms with Crippen LogP contribution in [0.4, 0.5) is 0 Å². The summed E-state index contributed by atoms with van der Waals surface area (Å²) in [5.74, 6) is 0.186. The Hall–Kier alpha value is -0.413. The van der Waals surface area contributed by atoms with Crippen molar-refractivity contribution in [1.82, 2.24) is 0 Å². The van der Waals surface area contributed by atoms with Crippen LogP contribution in [-0.2, 0) is 4.79 Å². The van der Waals surface area contributed by atoms with Gasteiger partial charge in [0.15, 0.2) is 5.78 Å². The third-order valence-electron chi connectivity index (χ3n) is 1.91. The highest BCUT2D eigenvalue weighted by molar-refractivity contribution is 6.81. The highest BCUT2D eigenvalue weighted by Gasteiger charge is 2.13. The van der Waals surface area contributed by atoms with E-state index in [9.17, 15) is 4.79 Å². The molecule has 0 saturated carbocycles. The van der Waals surface area contributed by atoms with Gasteiger partial charge in [0.25, 0.3) is 0 Å². The van der Waals surface area contributed by atoms with Crippen molar-refractivity contribution in [3.63, 3.8) is 0 Å². The van der Waals surface area contributed by atoms with Gasteiger partial charge in [-0.2, -0.15) is 0 Å². The second-order valence-electron chi connectivity index (χ2n) is 4.77. The number of carbonyl (C=O) groups is 1. The highest BCUT2D eigenvalue weighted by Crippen LogP contribution is 2.13. The van der Waals surface area contributed by atoms with Gasteiger partial charge in [0.1, 0.15) is 0 Å². The van der Waals surface area contributed by atoms with Gasteiger partial charge in [0.2, 0.25) is 0 Å². The standard InChI is InChI=1S/C11H22O2Si/c1-10(13)11(7-5-6-8-12)9-14(2,3)4/h9,12H,5-8H2,1-4H3/b11-9+. The number of rotatable bonds is 6. The molecule has 0 saturated heterocycles. The number of Topliss-reactive ketones (excluding diaryl/α,β-unsaturated/α-hetero) is 1. The molecule has 0 fully saturated rings. The summed E-state index contributed by atoms with van der Waals surface area (Å²) in [6.45, 7) is 8.52. The highest BCUT2D eigenvalue weighted by atomic mass is 28.3. The average molecular weight is 214 g/mol. The Morgan fingerprint density at radius 1 is 1.29 bits per heavy atom. The van der Waals surface area contributed by atoms with Crippen LogP contribution < -0.4 is 0 Å². The fourth-order valence-corrected chi connectivity index (χ4v) is 2.69. The summed E-state index contributed by atoms with van der Waals surface area (Å²) in [4.78, 5) is 11.3. The Kier molecular flexibility index (Phi) is 5.96. The van der Waals surface area contributed by atoms with E-state index < -0.39 is 8.07 Å². The van der Waals surface area contributed by atoms with Crippen LogP contribution in [0.2, 0.25) is 19.6 Å². The molecule has 0 aromatic rings. The largest absolute Gasteiger partial charge is 0.396 e. The molecule has 0 radical (unpaired) electrons. The lowest BCUT2D eigenvalue weighted by Crippen LogP contribution is -2.18. The summed E-state index contributed by atoms with van der Waals surface area (Å²) >= 11 is 0. The van der Waals surface area contributed by atoms with Crippen LogP contribution in [0.5, 0.6) is 0 Å². The molecule has 0 amide bonds. The van der Waals surface area contributed by atoms with Gasteiger partial charge in [-0.3, -0.25) is 4.79 Å². The van der Waals surface area contributed by atoms with Crippen LogP contribution in [0, 0.1) is 0 Å². The molecule has 0 spiro atoms. The molecule has 0 aromatic carbocycles. The number of hydrogen-bond donors (Lipinski definition) is 1. The van der Waals surface area contributed by atoms with E-state index in [2.05, 4.69) is 25.3 Å². The van der Waals surface area contributed by atoms with E-state index in [1.54, 1.807) is 6.92 Å². The zero-order chi connectivity index (χ0) is 11.2. The molecule has 2 nitrogen and oxygen atoms in total. The van der Waals surface area contributed by atoms with Crippen LogP contribution >= 0.6 is 0 Å². The maximum Gasteiger partial charge on any atom is 0.155 e.